The lowest BCUT2D eigenvalue weighted by molar-refractivity contribution is 0.0464. The van der Waals surface area contributed by atoms with Gasteiger partial charge in [-0.25, -0.2) is 4.79 Å². The number of aliphatic hydroxyl groups is 1. The number of carbonyl (C=O) groups is 1. The number of amides is 2. The Kier molecular flexibility index (Phi) is 5.59. The topological polar surface area (TPSA) is 61.8 Å². The van der Waals surface area contributed by atoms with Gasteiger partial charge in [-0.2, -0.15) is 0 Å². The highest BCUT2D eigenvalue weighted by Gasteiger charge is 2.27. The van der Waals surface area contributed by atoms with Crippen molar-refractivity contribution in [2.75, 3.05) is 25.0 Å². The van der Waals surface area contributed by atoms with E-state index in [-0.39, 0.29) is 11.9 Å². The number of urea groups is 1. The Labute approximate surface area is 125 Å². The number of hydrogen-bond donors (Lipinski definition) is 2. The number of carbonyl (C=O) groups excluding carboxylic acids is 1. The minimum atomic E-state index is -0.436. The molecule has 1 fully saturated rings. The molecular weight excluding hydrogens is 268 g/mol. The molecule has 0 aliphatic carbocycles. The van der Waals surface area contributed by atoms with Crippen LogP contribution < -0.4 is 5.32 Å². The SMILES string of the molecule is CCOCc1cccc(NC(=O)N2CCC(C)C(O)C2)c1. The minimum Gasteiger partial charge on any atom is -0.391 e. The van der Waals surface area contributed by atoms with Crippen molar-refractivity contribution in [2.24, 2.45) is 5.92 Å². The molecule has 1 aromatic carbocycles. The molecule has 21 heavy (non-hydrogen) atoms. The number of ether oxygens (including phenoxy) is 1. The zero-order chi connectivity index (χ0) is 15.2. The van der Waals surface area contributed by atoms with Gasteiger partial charge in [0.1, 0.15) is 0 Å². The lowest BCUT2D eigenvalue weighted by Gasteiger charge is -2.34. The monoisotopic (exact) mass is 292 g/mol. The quantitative estimate of drug-likeness (QED) is 0.896. The standard InChI is InChI=1S/C16H24N2O3/c1-3-21-11-13-5-4-6-14(9-13)17-16(20)18-8-7-12(2)15(19)10-18/h4-6,9,12,15,19H,3,7-8,10-11H2,1-2H3,(H,17,20). The van der Waals surface area contributed by atoms with Crippen molar-refractivity contribution in [1.29, 1.82) is 0 Å². The molecule has 1 aliphatic rings. The number of piperidine rings is 1. The van der Waals surface area contributed by atoms with Crippen LogP contribution in [0.25, 0.3) is 0 Å². The van der Waals surface area contributed by atoms with E-state index < -0.39 is 6.10 Å². The molecular formula is C16H24N2O3. The van der Waals surface area contributed by atoms with Crippen molar-refractivity contribution in [3.8, 4) is 0 Å². The maximum Gasteiger partial charge on any atom is 0.321 e. The first-order valence-corrected chi connectivity index (χ1v) is 7.50. The molecule has 0 bridgehead atoms. The number of nitrogens with zero attached hydrogens (tertiary/aromatic N) is 1. The number of likely N-dealkylation sites (tertiary alicyclic amines) is 1. The molecule has 1 heterocycles. The van der Waals surface area contributed by atoms with Crippen LogP contribution in [0.5, 0.6) is 0 Å². The summed E-state index contributed by atoms with van der Waals surface area (Å²) in [5.74, 6) is 0.253. The fourth-order valence-electron chi connectivity index (χ4n) is 2.39. The minimum absolute atomic E-state index is 0.158. The van der Waals surface area contributed by atoms with Crippen molar-refractivity contribution in [3.63, 3.8) is 0 Å². The lowest BCUT2D eigenvalue weighted by atomic mass is 9.96. The third-order valence-electron chi connectivity index (χ3n) is 3.86. The number of benzene rings is 1. The molecule has 116 valence electrons. The lowest BCUT2D eigenvalue weighted by Crippen LogP contribution is -2.47. The van der Waals surface area contributed by atoms with Gasteiger partial charge in [-0.15, -0.1) is 0 Å². The first kappa shape index (κ1) is 15.8. The van der Waals surface area contributed by atoms with Crippen LogP contribution in [0.3, 0.4) is 0 Å². The van der Waals surface area contributed by atoms with Gasteiger partial charge >= 0.3 is 6.03 Å². The van der Waals surface area contributed by atoms with Crippen molar-refractivity contribution < 1.29 is 14.6 Å². The number of rotatable bonds is 4. The molecule has 2 N–H and O–H groups in total. The van der Waals surface area contributed by atoms with E-state index in [9.17, 15) is 9.90 Å². The maximum absolute atomic E-state index is 12.2. The Bertz CT molecular complexity index is 478. The Morgan fingerprint density at radius 2 is 2.33 bits per heavy atom. The van der Waals surface area contributed by atoms with Crippen LogP contribution in [0.2, 0.25) is 0 Å². The summed E-state index contributed by atoms with van der Waals surface area (Å²) >= 11 is 0. The summed E-state index contributed by atoms with van der Waals surface area (Å²) < 4.78 is 5.37. The van der Waals surface area contributed by atoms with Crippen molar-refractivity contribution in [2.45, 2.75) is 33.0 Å². The summed E-state index contributed by atoms with van der Waals surface area (Å²) in [4.78, 5) is 13.9. The number of hydrogen-bond acceptors (Lipinski definition) is 3. The second kappa shape index (κ2) is 7.43. The van der Waals surface area contributed by atoms with Crippen LogP contribution in [0.1, 0.15) is 25.8 Å². The molecule has 2 amide bonds. The molecule has 5 heteroatoms. The van der Waals surface area contributed by atoms with Gasteiger partial charge in [0.05, 0.1) is 12.7 Å². The van der Waals surface area contributed by atoms with Gasteiger partial charge in [0.15, 0.2) is 0 Å². The van der Waals surface area contributed by atoms with Gasteiger partial charge in [0, 0.05) is 25.4 Å². The summed E-state index contributed by atoms with van der Waals surface area (Å²) in [5.41, 5.74) is 1.78. The normalized spacial score (nSPS) is 22.1. The Hall–Kier alpha value is -1.59. The van der Waals surface area contributed by atoms with Crippen molar-refractivity contribution in [1.82, 2.24) is 4.90 Å². The average Bonchev–Trinajstić information content (AvgIpc) is 2.48. The number of anilines is 1. The van der Waals surface area contributed by atoms with E-state index in [2.05, 4.69) is 5.32 Å². The molecule has 0 spiro atoms. The summed E-state index contributed by atoms with van der Waals surface area (Å²) in [7, 11) is 0. The average molecular weight is 292 g/mol. The second-order valence-corrected chi connectivity index (χ2v) is 5.55. The molecule has 5 nitrogen and oxygen atoms in total. The molecule has 2 atom stereocenters. The summed E-state index contributed by atoms with van der Waals surface area (Å²) in [6, 6.07) is 7.48. The summed E-state index contributed by atoms with van der Waals surface area (Å²) in [6.07, 6.45) is 0.396. The zero-order valence-electron chi connectivity index (χ0n) is 12.7. The van der Waals surface area contributed by atoms with Gasteiger partial charge in [-0.05, 0) is 37.0 Å². The Balaban J connectivity index is 1.93. The molecule has 2 rings (SSSR count). The van der Waals surface area contributed by atoms with E-state index in [0.717, 1.165) is 17.7 Å². The van der Waals surface area contributed by atoms with E-state index in [1.54, 1.807) is 4.90 Å². The van der Waals surface area contributed by atoms with Crippen molar-refractivity contribution in [3.05, 3.63) is 29.8 Å². The zero-order valence-corrected chi connectivity index (χ0v) is 12.7. The van der Waals surface area contributed by atoms with Gasteiger partial charge in [-0.3, -0.25) is 0 Å². The Morgan fingerprint density at radius 3 is 3.05 bits per heavy atom. The number of aliphatic hydroxyl groups excluding tert-OH is 1. The fraction of sp³-hybridized carbons (Fsp3) is 0.562. The highest BCUT2D eigenvalue weighted by Crippen LogP contribution is 2.18. The van der Waals surface area contributed by atoms with Gasteiger partial charge in [0.2, 0.25) is 0 Å². The molecule has 0 saturated carbocycles. The van der Waals surface area contributed by atoms with Crippen LogP contribution in [0.15, 0.2) is 24.3 Å². The smallest absolute Gasteiger partial charge is 0.321 e. The fourth-order valence-corrected chi connectivity index (χ4v) is 2.39. The largest absolute Gasteiger partial charge is 0.391 e. The molecule has 1 aliphatic heterocycles. The van der Waals surface area contributed by atoms with Crippen LogP contribution in [-0.4, -0.2) is 41.8 Å². The van der Waals surface area contributed by atoms with Crippen LogP contribution in [-0.2, 0) is 11.3 Å². The third kappa shape index (κ3) is 4.44. The highest BCUT2D eigenvalue weighted by molar-refractivity contribution is 5.89. The van der Waals surface area contributed by atoms with Crippen LogP contribution in [0, 0.1) is 5.92 Å². The van der Waals surface area contributed by atoms with Gasteiger partial charge in [-0.1, -0.05) is 19.1 Å². The van der Waals surface area contributed by atoms with E-state index in [4.69, 9.17) is 4.74 Å². The molecule has 0 aromatic heterocycles. The Morgan fingerprint density at radius 1 is 1.52 bits per heavy atom. The summed E-state index contributed by atoms with van der Waals surface area (Å²) in [6.45, 7) is 6.25. The number of nitrogens with one attached hydrogen (secondary N) is 1. The highest BCUT2D eigenvalue weighted by atomic mass is 16.5. The van der Waals surface area contributed by atoms with Gasteiger partial charge in [0.25, 0.3) is 0 Å². The predicted molar refractivity (Wildman–Crippen MR) is 82.2 cm³/mol. The van der Waals surface area contributed by atoms with E-state index in [1.807, 2.05) is 38.1 Å². The molecule has 0 radical (unpaired) electrons. The second-order valence-electron chi connectivity index (χ2n) is 5.55. The first-order valence-electron chi connectivity index (χ1n) is 7.50. The molecule has 1 aromatic rings. The third-order valence-corrected chi connectivity index (χ3v) is 3.86. The van der Waals surface area contributed by atoms with E-state index in [1.165, 1.54) is 0 Å². The predicted octanol–water partition coefficient (Wildman–Crippen LogP) is 2.46. The van der Waals surface area contributed by atoms with Gasteiger partial charge < -0.3 is 20.1 Å². The van der Waals surface area contributed by atoms with Crippen LogP contribution >= 0.6 is 0 Å². The molecule has 2 unspecified atom stereocenters. The van der Waals surface area contributed by atoms with Crippen LogP contribution in [0.4, 0.5) is 10.5 Å². The maximum atomic E-state index is 12.2. The molecule has 1 saturated heterocycles. The van der Waals surface area contributed by atoms with E-state index >= 15 is 0 Å². The number of β-amino-alcohol motifs (C(OH)–C–C–N with tert-alkyl or cyclic N) is 1. The van der Waals surface area contributed by atoms with Crippen molar-refractivity contribution >= 4 is 11.7 Å². The summed E-state index contributed by atoms with van der Waals surface area (Å²) in [5, 5.41) is 12.8. The van der Waals surface area contributed by atoms with E-state index in [0.29, 0.717) is 26.3 Å². The first-order chi connectivity index (χ1) is 10.1.